The van der Waals surface area contributed by atoms with Gasteiger partial charge in [0, 0.05) is 13.1 Å². The van der Waals surface area contributed by atoms with Gasteiger partial charge >= 0.3 is 0 Å². The minimum absolute atomic E-state index is 0.537. The molecule has 1 aliphatic heterocycles. The Bertz CT molecular complexity index is 422. The van der Waals surface area contributed by atoms with Gasteiger partial charge in [-0.3, -0.25) is 0 Å². The second-order valence-corrected chi connectivity index (χ2v) is 4.84. The van der Waals surface area contributed by atoms with E-state index >= 15 is 0 Å². The maximum absolute atomic E-state index is 9.12. The number of nitriles is 1. The minimum atomic E-state index is 0.537. The van der Waals surface area contributed by atoms with E-state index in [1.807, 2.05) is 24.3 Å². The van der Waals surface area contributed by atoms with Gasteiger partial charge in [0.1, 0.15) is 6.07 Å². The Labute approximate surface area is 103 Å². The summed E-state index contributed by atoms with van der Waals surface area (Å²) in [6.07, 6.45) is 1.15. The summed E-state index contributed by atoms with van der Waals surface area (Å²) in [7, 11) is 0. The van der Waals surface area contributed by atoms with Crippen LogP contribution in [0.3, 0.4) is 0 Å². The molecule has 0 aromatic heterocycles. The van der Waals surface area contributed by atoms with Crippen molar-refractivity contribution in [2.75, 3.05) is 24.5 Å². The molecule has 1 aromatic rings. The van der Waals surface area contributed by atoms with Crippen molar-refractivity contribution >= 4 is 5.69 Å². The van der Waals surface area contributed by atoms with E-state index in [9.17, 15) is 0 Å². The molecular weight excluding hydrogens is 210 g/mol. The van der Waals surface area contributed by atoms with Crippen molar-refractivity contribution in [1.29, 1.82) is 5.26 Å². The van der Waals surface area contributed by atoms with Crippen LogP contribution in [-0.4, -0.2) is 19.6 Å². The van der Waals surface area contributed by atoms with E-state index in [2.05, 4.69) is 17.9 Å². The molecule has 1 fully saturated rings. The molecule has 0 aliphatic carbocycles. The fourth-order valence-electron chi connectivity index (χ4n) is 2.52. The Morgan fingerprint density at radius 1 is 1.47 bits per heavy atom. The lowest BCUT2D eigenvalue weighted by Gasteiger charge is -2.38. The van der Waals surface area contributed by atoms with E-state index in [1.54, 1.807) is 0 Å². The standard InChI is InChI=1S/C14H19N3/c1-11-6-7-17(10-13(11)9-16)14-5-3-2-4-12(14)8-15/h2-5,11,13H,6-7,9-10,16H2,1H3. The summed E-state index contributed by atoms with van der Waals surface area (Å²) in [4.78, 5) is 2.30. The minimum Gasteiger partial charge on any atom is -0.370 e. The molecule has 2 rings (SSSR count). The molecule has 1 aliphatic rings. The topological polar surface area (TPSA) is 53.0 Å². The van der Waals surface area contributed by atoms with Crippen molar-refractivity contribution in [2.45, 2.75) is 13.3 Å². The van der Waals surface area contributed by atoms with Gasteiger partial charge in [-0.05, 0) is 36.9 Å². The van der Waals surface area contributed by atoms with Crippen LogP contribution in [0.25, 0.3) is 0 Å². The Hall–Kier alpha value is -1.53. The molecule has 2 N–H and O–H groups in total. The first-order valence-corrected chi connectivity index (χ1v) is 6.20. The van der Waals surface area contributed by atoms with Gasteiger partial charge in [-0.25, -0.2) is 0 Å². The van der Waals surface area contributed by atoms with Crippen molar-refractivity contribution in [2.24, 2.45) is 17.6 Å². The van der Waals surface area contributed by atoms with Crippen LogP contribution in [0.4, 0.5) is 5.69 Å². The van der Waals surface area contributed by atoms with Crippen LogP contribution < -0.4 is 10.6 Å². The van der Waals surface area contributed by atoms with E-state index in [4.69, 9.17) is 11.0 Å². The summed E-state index contributed by atoms with van der Waals surface area (Å²) in [5.41, 5.74) is 7.63. The van der Waals surface area contributed by atoms with Crippen molar-refractivity contribution in [3.8, 4) is 6.07 Å². The van der Waals surface area contributed by atoms with Crippen LogP contribution in [0.2, 0.25) is 0 Å². The number of hydrogen-bond donors (Lipinski definition) is 1. The molecule has 0 saturated carbocycles. The van der Waals surface area contributed by atoms with Crippen LogP contribution in [0, 0.1) is 23.2 Å². The normalized spacial score (nSPS) is 24.4. The zero-order valence-corrected chi connectivity index (χ0v) is 10.3. The number of nitrogens with zero attached hydrogens (tertiary/aromatic N) is 2. The average Bonchev–Trinajstić information content (AvgIpc) is 2.39. The Morgan fingerprint density at radius 2 is 2.24 bits per heavy atom. The van der Waals surface area contributed by atoms with Crippen LogP contribution >= 0.6 is 0 Å². The van der Waals surface area contributed by atoms with Gasteiger partial charge in [0.2, 0.25) is 0 Å². The first-order valence-electron chi connectivity index (χ1n) is 6.20. The third kappa shape index (κ3) is 2.42. The summed E-state index contributed by atoms with van der Waals surface area (Å²) >= 11 is 0. The SMILES string of the molecule is CC1CCN(c2ccccc2C#N)CC1CN. The number of hydrogen-bond acceptors (Lipinski definition) is 3. The number of para-hydroxylation sites is 1. The Balaban J connectivity index is 2.21. The number of nitrogens with two attached hydrogens (primary N) is 1. The molecule has 17 heavy (non-hydrogen) atoms. The third-order valence-corrected chi connectivity index (χ3v) is 3.78. The van der Waals surface area contributed by atoms with Gasteiger partial charge in [0.15, 0.2) is 0 Å². The predicted octanol–water partition coefficient (Wildman–Crippen LogP) is 1.98. The highest BCUT2D eigenvalue weighted by molar-refractivity contribution is 5.59. The summed E-state index contributed by atoms with van der Waals surface area (Å²) in [6, 6.07) is 10.1. The maximum Gasteiger partial charge on any atom is 0.101 e. The fraction of sp³-hybridized carbons (Fsp3) is 0.500. The van der Waals surface area contributed by atoms with E-state index in [1.165, 1.54) is 0 Å². The molecule has 0 bridgehead atoms. The highest BCUT2D eigenvalue weighted by Gasteiger charge is 2.26. The van der Waals surface area contributed by atoms with E-state index in [0.29, 0.717) is 11.8 Å². The largest absolute Gasteiger partial charge is 0.370 e. The Morgan fingerprint density at radius 3 is 2.94 bits per heavy atom. The number of anilines is 1. The lowest BCUT2D eigenvalue weighted by Crippen LogP contribution is -2.42. The number of benzene rings is 1. The maximum atomic E-state index is 9.12. The summed E-state index contributed by atoms with van der Waals surface area (Å²) in [5.74, 6) is 1.22. The second kappa shape index (κ2) is 5.20. The lowest BCUT2D eigenvalue weighted by atomic mass is 9.86. The molecule has 2 unspecified atom stereocenters. The molecule has 3 heteroatoms. The van der Waals surface area contributed by atoms with Crippen molar-refractivity contribution in [1.82, 2.24) is 0 Å². The van der Waals surface area contributed by atoms with Gasteiger partial charge in [-0.15, -0.1) is 0 Å². The zero-order chi connectivity index (χ0) is 12.3. The molecule has 90 valence electrons. The third-order valence-electron chi connectivity index (χ3n) is 3.78. The molecule has 1 heterocycles. The molecule has 1 aromatic carbocycles. The van der Waals surface area contributed by atoms with Gasteiger partial charge in [-0.2, -0.15) is 5.26 Å². The van der Waals surface area contributed by atoms with Gasteiger partial charge < -0.3 is 10.6 Å². The molecule has 0 radical (unpaired) electrons. The summed E-state index contributed by atoms with van der Waals surface area (Å²) in [5, 5.41) is 9.12. The van der Waals surface area contributed by atoms with Gasteiger partial charge in [0.05, 0.1) is 11.3 Å². The first-order chi connectivity index (χ1) is 8.26. The molecule has 0 amide bonds. The van der Waals surface area contributed by atoms with Crippen LogP contribution in [0.15, 0.2) is 24.3 Å². The number of rotatable bonds is 2. The van der Waals surface area contributed by atoms with Gasteiger partial charge in [0.25, 0.3) is 0 Å². The van der Waals surface area contributed by atoms with Gasteiger partial charge in [-0.1, -0.05) is 19.1 Å². The summed E-state index contributed by atoms with van der Waals surface area (Å²) in [6.45, 7) is 4.99. The molecule has 1 saturated heterocycles. The zero-order valence-electron chi connectivity index (χ0n) is 10.3. The molecule has 0 spiro atoms. The highest BCUT2D eigenvalue weighted by Crippen LogP contribution is 2.28. The molecular formula is C14H19N3. The second-order valence-electron chi connectivity index (χ2n) is 4.84. The smallest absolute Gasteiger partial charge is 0.101 e. The average molecular weight is 229 g/mol. The van der Waals surface area contributed by atoms with E-state index in [0.717, 1.165) is 37.3 Å². The summed E-state index contributed by atoms with van der Waals surface area (Å²) < 4.78 is 0. The van der Waals surface area contributed by atoms with Crippen LogP contribution in [0.1, 0.15) is 18.9 Å². The quantitative estimate of drug-likeness (QED) is 0.843. The van der Waals surface area contributed by atoms with Crippen LogP contribution in [-0.2, 0) is 0 Å². The molecule has 3 nitrogen and oxygen atoms in total. The monoisotopic (exact) mass is 229 g/mol. The highest BCUT2D eigenvalue weighted by atomic mass is 15.1. The first kappa shape index (κ1) is 11.9. The van der Waals surface area contributed by atoms with E-state index in [-0.39, 0.29) is 0 Å². The van der Waals surface area contributed by atoms with Crippen molar-refractivity contribution in [3.05, 3.63) is 29.8 Å². The fourth-order valence-corrected chi connectivity index (χ4v) is 2.52. The van der Waals surface area contributed by atoms with Crippen molar-refractivity contribution in [3.63, 3.8) is 0 Å². The molecule has 2 atom stereocenters. The van der Waals surface area contributed by atoms with E-state index < -0.39 is 0 Å². The Kier molecular flexibility index (Phi) is 3.65. The predicted molar refractivity (Wildman–Crippen MR) is 69.7 cm³/mol. The van der Waals surface area contributed by atoms with Crippen LogP contribution in [0.5, 0.6) is 0 Å². The van der Waals surface area contributed by atoms with Crippen molar-refractivity contribution < 1.29 is 0 Å². The lowest BCUT2D eigenvalue weighted by molar-refractivity contribution is 0.308. The number of piperidine rings is 1.